The van der Waals surface area contributed by atoms with E-state index < -0.39 is 23.9 Å². The van der Waals surface area contributed by atoms with Gasteiger partial charge in [-0.15, -0.1) is 0 Å². The molecule has 45 heavy (non-hydrogen) atoms. The number of carbonyl (C=O) groups is 3. The van der Waals surface area contributed by atoms with Crippen LogP contribution in [0.3, 0.4) is 0 Å². The Morgan fingerprint density at radius 3 is 2.42 bits per heavy atom. The van der Waals surface area contributed by atoms with E-state index in [9.17, 15) is 18.8 Å². The number of methoxy groups -OCH3 is 1. The average Bonchev–Trinajstić information content (AvgIpc) is 3.00. The van der Waals surface area contributed by atoms with Crippen molar-refractivity contribution in [1.29, 1.82) is 0 Å². The van der Waals surface area contributed by atoms with Crippen molar-refractivity contribution in [3.05, 3.63) is 95.5 Å². The summed E-state index contributed by atoms with van der Waals surface area (Å²) in [4.78, 5) is 37.2. The fourth-order valence-electron chi connectivity index (χ4n) is 4.29. The maximum atomic E-state index is 13.1. The minimum atomic E-state index is -0.778. The van der Waals surface area contributed by atoms with Crippen LogP contribution in [-0.2, 0) is 20.9 Å². The summed E-state index contributed by atoms with van der Waals surface area (Å²) in [5.74, 6) is -0.0954. The maximum absolute atomic E-state index is 13.1. The number of carbonyl (C=O) groups excluding carboxylic acids is 3. The van der Waals surface area contributed by atoms with Gasteiger partial charge < -0.3 is 29.6 Å². The summed E-state index contributed by atoms with van der Waals surface area (Å²) >= 11 is 4.32. The first-order chi connectivity index (χ1) is 21.6. The van der Waals surface area contributed by atoms with Crippen molar-refractivity contribution < 1.29 is 37.7 Å². The molecule has 0 aliphatic carbocycles. The zero-order chi connectivity index (χ0) is 32.5. The molecule has 0 fully saturated rings. The molecule has 1 heterocycles. The van der Waals surface area contributed by atoms with E-state index >= 15 is 0 Å². The molecule has 1 aliphatic rings. The van der Waals surface area contributed by atoms with E-state index in [1.165, 1.54) is 25.5 Å². The third kappa shape index (κ3) is 9.06. The normalized spacial score (nSPS) is 14.4. The van der Waals surface area contributed by atoms with Gasteiger partial charge in [-0.3, -0.25) is 4.79 Å². The topological polar surface area (TPSA) is 137 Å². The van der Waals surface area contributed by atoms with Gasteiger partial charge >= 0.3 is 12.0 Å². The SMILES string of the molecule is CCOC(=O)C1=C(C)NC(=O)N[C@H]1c1ccc(OCC(=O)N/N=C\c2cc(I)c(OCc3ccc(F)cc3)c(I)c2)c(OC)c1. The molecule has 4 rings (SSSR count). The van der Waals surface area contributed by atoms with E-state index in [1.54, 1.807) is 44.2 Å². The highest BCUT2D eigenvalue weighted by atomic mass is 127. The van der Waals surface area contributed by atoms with Crippen molar-refractivity contribution >= 4 is 69.3 Å². The average molecular weight is 842 g/mol. The van der Waals surface area contributed by atoms with Crippen molar-refractivity contribution in [1.82, 2.24) is 16.1 Å². The summed E-state index contributed by atoms with van der Waals surface area (Å²) in [6.45, 7) is 3.44. The van der Waals surface area contributed by atoms with Gasteiger partial charge in [0.25, 0.3) is 5.91 Å². The summed E-state index contributed by atoms with van der Waals surface area (Å²) in [7, 11) is 1.44. The Bertz CT molecular complexity index is 1620. The molecule has 0 saturated heterocycles. The number of ether oxygens (including phenoxy) is 4. The highest BCUT2D eigenvalue weighted by Gasteiger charge is 2.32. The third-order valence-electron chi connectivity index (χ3n) is 6.36. The Hall–Kier alpha value is -3.93. The molecule has 236 valence electrons. The van der Waals surface area contributed by atoms with Crippen LogP contribution in [0.25, 0.3) is 0 Å². The summed E-state index contributed by atoms with van der Waals surface area (Å²) in [6, 6.07) is 13.5. The first kappa shape index (κ1) is 34.0. The number of rotatable bonds is 12. The molecular weight excluding hydrogens is 813 g/mol. The quantitative estimate of drug-likeness (QED) is 0.0970. The zero-order valence-electron chi connectivity index (χ0n) is 24.4. The molecule has 0 bridgehead atoms. The number of amides is 3. The standard InChI is InChI=1S/C31H29FI2N4O7/c1-4-43-30(40)27-17(2)36-31(41)37-28(27)20-7-10-24(25(13-20)42-3)44-16-26(39)38-35-14-19-11-22(33)29(23(34)12-19)45-15-18-5-8-21(32)9-6-18/h5-14,28H,4,15-16H2,1-3H3,(H,38,39)(H2,36,37,41)/b35-14-/t28-/m0/s1. The third-order valence-corrected chi connectivity index (χ3v) is 7.97. The molecule has 11 nitrogen and oxygen atoms in total. The van der Waals surface area contributed by atoms with Gasteiger partial charge in [-0.2, -0.15) is 5.10 Å². The van der Waals surface area contributed by atoms with Crippen molar-refractivity contribution in [3.8, 4) is 17.2 Å². The van der Waals surface area contributed by atoms with Gasteiger partial charge in [-0.1, -0.05) is 18.2 Å². The molecule has 3 aromatic carbocycles. The summed E-state index contributed by atoms with van der Waals surface area (Å²) in [5.41, 5.74) is 5.23. The number of hydrogen-bond acceptors (Lipinski definition) is 8. The van der Waals surface area contributed by atoms with Gasteiger partial charge in [-0.05, 0) is 112 Å². The Morgan fingerprint density at radius 2 is 1.76 bits per heavy atom. The smallest absolute Gasteiger partial charge is 0.338 e. The number of halogens is 3. The number of hydrazone groups is 1. The second kappa shape index (κ2) is 15.9. The first-order valence-electron chi connectivity index (χ1n) is 13.5. The van der Waals surface area contributed by atoms with Crippen LogP contribution < -0.4 is 30.3 Å². The van der Waals surface area contributed by atoms with Crippen LogP contribution in [0.1, 0.15) is 36.6 Å². The van der Waals surface area contributed by atoms with Gasteiger partial charge in [0, 0.05) is 5.70 Å². The van der Waals surface area contributed by atoms with E-state index in [4.69, 9.17) is 18.9 Å². The van der Waals surface area contributed by atoms with Gasteiger partial charge in [0.05, 0.1) is 38.7 Å². The Morgan fingerprint density at radius 1 is 1.04 bits per heavy atom. The molecule has 0 unspecified atom stereocenters. The zero-order valence-corrected chi connectivity index (χ0v) is 28.7. The van der Waals surface area contributed by atoms with E-state index in [0.717, 1.165) is 18.3 Å². The van der Waals surface area contributed by atoms with Gasteiger partial charge in [-0.25, -0.2) is 19.4 Å². The molecule has 0 radical (unpaired) electrons. The van der Waals surface area contributed by atoms with E-state index in [0.29, 0.717) is 29.4 Å². The van der Waals surface area contributed by atoms with Crippen LogP contribution in [-0.4, -0.2) is 44.4 Å². The Kier molecular flexibility index (Phi) is 12.0. The van der Waals surface area contributed by atoms with E-state index in [1.807, 2.05) is 12.1 Å². The molecule has 3 aromatic rings. The molecule has 14 heteroatoms. The largest absolute Gasteiger partial charge is 0.493 e. The highest BCUT2D eigenvalue weighted by Crippen LogP contribution is 2.35. The van der Waals surface area contributed by atoms with E-state index in [2.05, 4.69) is 66.3 Å². The molecule has 3 amide bonds. The number of esters is 1. The monoisotopic (exact) mass is 842 g/mol. The van der Waals surface area contributed by atoms with Crippen LogP contribution in [0.15, 0.2) is 71.0 Å². The second-order valence-corrected chi connectivity index (χ2v) is 11.8. The van der Waals surface area contributed by atoms with Gasteiger partial charge in [0.1, 0.15) is 18.2 Å². The molecule has 1 aliphatic heterocycles. The van der Waals surface area contributed by atoms with Crippen molar-refractivity contribution in [2.75, 3.05) is 20.3 Å². The van der Waals surface area contributed by atoms with Crippen LogP contribution in [0.5, 0.6) is 17.2 Å². The minimum Gasteiger partial charge on any atom is -0.493 e. The number of allylic oxidation sites excluding steroid dienone is 1. The predicted molar refractivity (Wildman–Crippen MR) is 181 cm³/mol. The molecule has 0 spiro atoms. The summed E-state index contributed by atoms with van der Waals surface area (Å²) in [5, 5.41) is 9.35. The van der Waals surface area contributed by atoms with Crippen LogP contribution in [0.4, 0.5) is 9.18 Å². The molecule has 0 aromatic heterocycles. The first-order valence-corrected chi connectivity index (χ1v) is 15.7. The van der Waals surface area contributed by atoms with E-state index in [-0.39, 0.29) is 30.4 Å². The molecule has 1 atom stereocenters. The fourth-order valence-corrected chi connectivity index (χ4v) is 6.42. The number of hydrogen-bond donors (Lipinski definition) is 3. The van der Waals surface area contributed by atoms with Gasteiger partial charge in [0.15, 0.2) is 18.1 Å². The lowest BCUT2D eigenvalue weighted by Gasteiger charge is -2.28. The lowest BCUT2D eigenvalue weighted by atomic mass is 9.95. The summed E-state index contributed by atoms with van der Waals surface area (Å²) in [6.07, 6.45) is 1.51. The van der Waals surface area contributed by atoms with Gasteiger partial charge in [0.2, 0.25) is 0 Å². The number of urea groups is 1. The molecule has 3 N–H and O–H groups in total. The highest BCUT2D eigenvalue weighted by molar-refractivity contribution is 14.1. The lowest BCUT2D eigenvalue weighted by molar-refractivity contribution is -0.139. The van der Waals surface area contributed by atoms with Crippen molar-refractivity contribution in [2.45, 2.75) is 26.5 Å². The minimum absolute atomic E-state index is 0.179. The predicted octanol–water partition coefficient (Wildman–Crippen LogP) is 5.34. The van der Waals surface area contributed by atoms with Crippen molar-refractivity contribution in [2.24, 2.45) is 5.10 Å². The van der Waals surface area contributed by atoms with Crippen molar-refractivity contribution in [3.63, 3.8) is 0 Å². The Balaban J connectivity index is 1.35. The number of nitrogens with one attached hydrogen (secondary N) is 3. The number of benzene rings is 3. The van der Waals surface area contributed by atoms with Crippen LogP contribution >= 0.6 is 45.2 Å². The number of nitrogens with zero attached hydrogens (tertiary/aromatic N) is 1. The summed E-state index contributed by atoms with van der Waals surface area (Å²) < 4.78 is 37.1. The fraction of sp³-hybridized carbons (Fsp3) is 0.226. The molecular formula is C31H29FI2N4O7. The van der Waals surface area contributed by atoms with Crippen LogP contribution in [0.2, 0.25) is 0 Å². The lowest BCUT2D eigenvalue weighted by Crippen LogP contribution is -2.45. The molecule has 0 saturated carbocycles. The second-order valence-electron chi connectivity index (χ2n) is 9.51. The van der Waals surface area contributed by atoms with Crippen LogP contribution in [0, 0.1) is 13.0 Å². The Labute approximate surface area is 286 Å². The maximum Gasteiger partial charge on any atom is 0.338 e.